The molecule has 38 heavy (non-hydrogen) atoms. The number of carbonyl (C=O) groups excluding carboxylic acids is 2. The minimum atomic E-state index is -3.81. The summed E-state index contributed by atoms with van der Waals surface area (Å²) in [5.41, 5.74) is 0.259. The molecule has 0 bridgehead atoms. The molecule has 0 spiro atoms. The normalized spacial score (nSPS) is 20.5. The van der Waals surface area contributed by atoms with E-state index in [-0.39, 0.29) is 32.0 Å². The van der Waals surface area contributed by atoms with Crippen molar-refractivity contribution < 1.29 is 26.4 Å². The number of sulfonamides is 2. The van der Waals surface area contributed by atoms with E-state index in [1.165, 1.54) is 45.0 Å². The summed E-state index contributed by atoms with van der Waals surface area (Å²) in [6.45, 7) is 1.74. The largest absolute Gasteiger partial charge is 0.289 e. The molecule has 2 aromatic rings. The first kappa shape index (κ1) is 27.2. The van der Waals surface area contributed by atoms with Crippen LogP contribution in [0.2, 0.25) is 0 Å². The molecule has 0 aromatic heterocycles. The lowest BCUT2D eigenvalue weighted by Gasteiger charge is -2.26. The van der Waals surface area contributed by atoms with E-state index in [4.69, 9.17) is 0 Å². The highest BCUT2D eigenvalue weighted by Gasteiger charge is 2.34. The fourth-order valence-electron chi connectivity index (χ4n) is 5.65. The van der Waals surface area contributed by atoms with E-state index >= 15 is 0 Å². The Bertz CT molecular complexity index is 1340. The van der Waals surface area contributed by atoms with Gasteiger partial charge < -0.3 is 0 Å². The number of carbonyl (C=O) groups is 2. The van der Waals surface area contributed by atoms with E-state index in [9.17, 15) is 26.4 Å². The van der Waals surface area contributed by atoms with Gasteiger partial charge in [-0.3, -0.25) is 9.59 Å². The lowest BCUT2D eigenvalue weighted by molar-refractivity contribution is 0.0978. The molecule has 0 radical (unpaired) electrons. The highest BCUT2D eigenvalue weighted by atomic mass is 32.2. The molecule has 2 saturated heterocycles. The second-order valence-corrected chi connectivity index (χ2v) is 14.3. The number of hydrogen-bond acceptors (Lipinski definition) is 6. The molecular formula is C28H34N2O6S2. The Hall–Kier alpha value is -2.40. The van der Waals surface area contributed by atoms with Crippen LogP contribution in [0.5, 0.6) is 0 Å². The monoisotopic (exact) mass is 558 g/mol. The average molecular weight is 559 g/mol. The molecule has 0 N–H and O–H groups in total. The predicted octanol–water partition coefficient (Wildman–Crippen LogP) is 4.37. The fraction of sp³-hybridized carbons (Fsp3) is 0.500. The molecule has 204 valence electrons. The van der Waals surface area contributed by atoms with Gasteiger partial charge in [-0.25, -0.2) is 16.8 Å². The Morgan fingerprint density at radius 3 is 1.11 bits per heavy atom. The molecular weight excluding hydrogens is 524 g/mol. The van der Waals surface area contributed by atoms with Crippen LogP contribution in [0.3, 0.4) is 0 Å². The van der Waals surface area contributed by atoms with E-state index in [0.29, 0.717) is 26.2 Å². The second-order valence-electron chi connectivity index (χ2n) is 10.4. The zero-order chi connectivity index (χ0) is 26.9. The maximum Gasteiger partial charge on any atom is 0.243 e. The maximum absolute atomic E-state index is 13.4. The summed E-state index contributed by atoms with van der Waals surface area (Å²) in [6, 6.07) is 8.13. The number of fused-ring (bicyclic) bond motifs is 2. The van der Waals surface area contributed by atoms with Crippen LogP contribution in [0.4, 0.5) is 0 Å². The Balaban J connectivity index is 1.46. The maximum atomic E-state index is 13.4. The third-order valence-corrected chi connectivity index (χ3v) is 11.7. The smallest absolute Gasteiger partial charge is 0.243 e. The molecule has 0 amide bonds. The molecule has 1 aliphatic carbocycles. The van der Waals surface area contributed by atoms with E-state index in [1.54, 1.807) is 0 Å². The van der Waals surface area contributed by atoms with Crippen LogP contribution < -0.4 is 0 Å². The molecule has 5 rings (SSSR count). The van der Waals surface area contributed by atoms with Gasteiger partial charge in [0.15, 0.2) is 11.6 Å². The topological polar surface area (TPSA) is 109 Å². The van der Waals surface area contributed by atoms with Crippen LogP contribution in [0.1, 0.15) is 96.1 Å². The van der Waals surface area contributed by atoms with Crippen molar-refractivity contribution in [1.29, 1.82) is 0 Å². The Morgan fingerprint density at radius 2 is 0.763 bits per heavy atom. The molecule has 0 atom stereocenters. The highest BCUT2D eigenvalue weighted by Crippen LogP contribution is 2.32. The van der Waals surface area contributed by atoms with Gasteiger partial charge in [-0.05, 0) is 62.1 Å². The van der Waals surface area contributed by atoms with Gasteiger partial charge in [-0.15, -0.1) is 0 Å². The van der Waals surface area contributed by atoms with Crippen LogP contribution in [-0.4, -0.2) is 63.2 Å². The van der Waals surface area contributed by atoms with Crippen LogP contribution in [0.15, 0.2) is 46.2 Å². The number of benzene rings is 2. The third kappa shape index (κ3) is 5.11. The molecule has 3 aliphatic rings. The SMILES string of the molecule is O=C1c2ccc(S(=O)(=O)N3CCCCCCC3)cc2C(=O)c2ccc(S(=O)(=O)N3CCCCCCC3)cc21. The Kier molecular flexibility index (Phi) is 7.86. The standard InChI is InChI=1S/C28H34N2O6S2/c31-27-24-14-12-22(38(35,36)30-17-9-5-2-6-10-18-30)20-26(24)28(32)23-13-11-21(19-25(23)27)37(33,34)29-15-7-3-1-4-8-16-29/h11-14,19-20H,1-10,15-18H2. The van der Waals surface area contributed by atoms with Crippen molar-refractivity contribution >= 4 is 31.6 Å². The Labute approximate surface area is 225 Å². The van der Waals surface area contributed by atoms with Gasteiger partial charge in [-0.1, -0.05) is 38.5 Å². The summed E-state index contributed by atoms with van der Waals surface area (Å²) in [6.07, 6.45) is 9.29. The summed E-state index contributed by atoms with van der Waals surface area (Å²) in [5, 5.41) is 0. The number of hydrogen-bond donors (Lipinski definition) is 0. The first-order valence-electron chi connectivity index (χ1n) is 13.6. The summed E-state index contributed by atoms with van der Waals surface area (Å²) in [5.74, 6) is -0.955. The minimum absolute atomic E-state index is 0.00213. The number of rotatable bonds is 4. The molecule has 10 heteroatoms. The first-order valence-corrected chi connectivity index (χ1v) is 16.5. The molecule has 2 aliphatic heterocycles. The summed E-state index contributed by atoms with van der Waals surface area (Å²) in [7, 11) is -7.62. The van der Waals surface area contributed by atoms with Crippen LogP contribution >= 0.6 is 0 Å². The molecule has 2 aromatic carbocycles. The van der Waals surface area contributed by atoms with Gasteiger partial charge in [0, 0.05) is 48.4 Å². The third-order valence-electron chi connectivity index (χ3n) is 7.87. The van der Waals surface area contributed by atoms with Crippen molar-refractivity contribution in [2.24, 2.45) is 0 Å². The number of nitrogens with zero attached hydrogens (tertiary/aromatic N) is 2. The lowest BCUT2D eigenvalue weighted by Crippen LogP contribution is -2.34. The molecule has 2 fully saturated rings. The van der Waals surface area contributed by atoms with Crippen molar-refractivity contribution in [2.45, 2.75) is 74.0 Å². The zero-order valence-corrected chi connectivity index (χ0v) is 23.2. The van der Waals surface area contributed by atoms with Gasteiger partial charge in [0.2, 0.25) is 20.0 Å². The van der Waals surface area contributed by atoms with Gasteiger partial charge in [-0.2, -0.15) is 8.61 Å². The molecule has 0 unspecified atom stereocenters. The van der Waals surface area contributed by atoms with Gasteiger partial charge in [0.1, 0.15) is 0 Å². The summed E-state index contributed by atoms with van der Waals surface area (Å²) in [4.78, 5) is 26.9. The first-order chi connectivity index (χ1) is 18.2. The van der Waals surface area contributed by atoms with Crippen molar-refractivity contribution in [2.75, 3.05) is 26.2 Å². The van der Waals surface area contributed by atoms with Crippen LogP contribution in [0, 0.1) is 0 Å². The summed E-state index contributed by atoms with van der Waals surface area (Å²) >= 11 is 0. The molecule has 8 nitrogen and oxygen atoms in total. The van der Waals surface area contributed by atoms with Crippen LogP contribution in [-0.2, 0) is 20.0 Å². The summed E-state index contributed by atoms with van der Waals surface area (Å²) < 4.78 is 56.5. The van der Waals surface area contributed by atoms with Crippen molar-refractivity contribution in [3.63, 3.8) is 0 Å². The van der Waals surface area contributed by atoms with Crippen molar-refractivity contribution in [3.05, 3.63) is 58.7 Å². The quantitative estimate of drug-likeness (QED) is 0.470. The van der Waals surface area contributed by atoms with E-state index < -0.39 is 31.6 Å². The van der Waals surface area contributed by atoms with Gasteiger partial charge >= 0.3 is 0 Å². The molecule has 0 saturated carbocycles. The lowest BCUT2D eigenvalue weighted by atomic mass is 9.84. The number of ketones is 2. The molecule has 2 heterocycles. The van der Waals surface area contributed by atoms with E-state index in [0.717, 1.165) is 64.2 Å². The highest BCUT2D eigenvalue weighted by molar-refractivity contribution is 7.89. The fourth-order valence-corrected chi connectivity index (χ4v) is 8.73. The second kappa shape index (κ2) is 11.0. The van der Waals surface area contributed by atoms with Crippen molar-refractivity contribution in [1.82, 2.24) is 8.61 Å². The van der Waals surface area contributed by atoms with Crippen LogP contribution in [0.25, 0.3) is 0 Å². The van der Waals surface area contributed by atoms with E-state index in [2.05, 4.69) is 0 Å². The minimum Gasteiger partial charge on any atom is -0.289 e. The predicted molar refractivity (Wildman–Crippen MR) is 143 cm³/mol. The van der Waals surface area contributed by atoms with E-state index in [1.807, 2.05) is 0 Å². The zero-order valence-electron chi connectivity index (χ0n) is 21.5. The van der Waals surface area contributed by atoms with Crippen molar-refractivity contribution in [3.8, 4) is 0 Å². The average Bonchev–Trinajstić information content (AvgIpc) is 2.86. The van der Waals surface area contributed by atoms with Gasteiger partial charge in [0.05, 0.1) is 9.79 Å². The van der Waals surface area contributed by atoms with Gasteiger partial charge in [0.25, 0.3) is 0 Å². The Morgan fingerprint density at radius 1 is 0.447 bits per heavy atom.